The fourth-order valence-electron chi connectivity index (χ4n) is 2.62. The highest BCUT2D eigenvalue weighted by Gasteiger charge is 2.07. The Morgan fingerprint density at radius 2 is 1.64 bits per heavy atom. The number of carbonyl (C=O) groups is 2. The van der Waals surface area contributed by atoms with Gasteiger partial charge in [0.2, 0.25) is 5.91 Å². The number of hydrogen-bond acceptors (Lipinski definition) is 3. The van der Waals surface area contributed by atoms with E-state index < -0.39 is 0 Å². The Morgan fingerprint density at radius 1 is 0.929 bits per heavy atom. The third kappa shape index (κ3) is 5.41. The van der Waals surface area contributed by atoms with Crippen molar-refractivity contribution < 1.29 is 9.59 Å². The Hall–Kier alpha value is -3.18. The van der Waals surface area contributed by atoms with Crippen molar-refractivity contribution in [3.8, 4) is 0 Å². The number of amides is 2. The minimum Gasteiger partial charge on any atom is -0.322 e. The molecule has 4 nitrogen and oxygen atoms in total. The summed E-state index contributed by atoms with van der Waals surface area (Å²) < 4.78 is 0. The van der Waals surface area contributed by atoms with Gasteiger partial charge in [-0.3, -0.25) is 9.59 Å². The highest BCUT2D eigenvalue weighted by Crippen LogP contribution is 2.18. The molecule has 142 valence electrons. The van der Waals surface area contributed by atoms with Gasteiger partial charge in [0.05, 0.1) is 4.88 Å². The molecule has 0 atom stereocenters. The fraction of sp³-hybridized carbons (Fsp3) is 0.130. The monoisotopic (exact) mass is 390 g/mol. The van der Waals surface area contributed by atoms with Crippen molar-refractivity contribution in [1.82, 2.24) is 0 Å². The molecule has 2 amide bonds. The van der Waals surface area contributed by atoms with E-state index in [4.69, 9.17) is 0 Å². The molecule has 2 N–H and O–H groups in total. The van der Waals surface area contributed by atoms with Gasteiger partial charge in [-0.05, 0) is 52.8 Å². The summed E-state index contributed by atoms with van der Waals surface area (Å²) in [6.07, 6.45) is 3.28. The molecule has 2 aromatic carbocycles. The zero-order valence-electron chi connectivity index (χ0n) is 15.8. The molecule has 0 unspecified atom stereocenters. The first-order valence-corrected chi connectivity index (χ1v) is 9.93. The van der Waals surface area contributed by atoms with Crippen LogP contribution in [0.4, 0.5) is 11.4 Å². The Labute approximate surface area is 168 Å². The lowest BCUT2D eigenvalue weighted by Gasteiger charge is -2.07. The maximum Gasteiger partial charge on any atom is 0.265 e. The zero-order valence-corrected chi connectivity index (χ0v) is 16.6. The van der Waals surface area contributed by atoms with Crippen LogP contribution in [0.15, 0.2) is 72.1 Å². The SMILES string of the molecule is CC(C)c1ccc(C=CC(=O)Nc2cccc(NC(=O)c3cccs3)c2)cc1. The predicted molar refractivity (Wildman–Crippen MR) is 117 cm³/mol. The average molecular weight is 391 g/mol. The fourth-order valence-corrected chi connectivity index (χ4v) is 3.24. The van der Waals surface area contributed by atoms with E-state index in [0.29, 0.717) is 22.2 Å². The molecule has 0 saturated carbocycles. The first-order chi connectivity index (χ1) is 13.5. The predicted octanol–water partition coefficient (Wildman–Crippen LogP) is 5.78. The average Bonchev–Trinajstić information content (AvgIpc) is 3.22. The number of benzene rings is 2. The van der Waals surface area contributed by atoms with Crippen LogP contribution >= 0.6 is 11.3 Å². The van der Waals surface area contributed by atoms with Crippen molar-refractivity contribution in [2.45, 2.75) is 19.8 Å². The van der Waals surface area contributed by atoms with Crippen molar-refractivity contribution in [3.63, 3.8) is 0 Å². The third-order valence-corrected chi connectivity index (χ3v) is 5.03. The highest BCUT2D eigenvalue weighted by molar-refractivity contribution is 7.12. The van der Waals surface area contributed by atoms with Gasteiger partial charge < -0.3 is 10.6 Å². The van der Waals surface area contributed by atoms with Gasteiger partial charge >= 0.3 is 0 Å². The van der Waals surface area contributed by atoms with Gasteiger partial charge in [-0.2, -0.15) is 0 Å². The van der Waals surface area contributed by atoms with Gasteiger partial charge in [0.15, 0.2) is 0 Å². The summed E-state index contributed by atoms with van der Waals surface area (Å²) in [6.45, 7) is 4.30. The van der Waals surface area contributed by atoms with Crippen molar-refractivity contribution in [2.75, 3.05) is 10.6 Å². The molecule has 28 heavy (non-hydrogen) atoms. The minimum atomic E-state index is -0.227. The van der Waals surface area contributed by atoms with Gasteiger partial charge in [0, 0.05) is 17.5 Å². The standard InChI is InChI=1S/C23H22N2O2S/c1-16(2)18-11-8-17(9-12-18)10-13-22(26)24-19-5-3-6-20(15-19)25-23(27)21-7-4-14-28-21/h3-16H,1-2H3,(H,24,26)(H,25,27). The lowest BCUT2D eigenvalue weighted by atomic mass is 10.0. The van der Waals surface area contributed by atoms with Crippen molar-refractivity contribution in [3.05, 3.63) is 88.1 Å². The van der Waals surface area contributed by atoms with E-state index in [9.17, 15) is 9.59 Å². The topological polar surface area (TPSA) is 58.2 Å². The lowest BCUT2D eigenvalue weighted by Crippen LogP contribution is -2.11. The number of anilines is 2. The molecule has 3 rings (SSSR count). The molecule has 1 heterocycles. The second kappa shape index (κ2) is 9.15. The molecule has 1 aromatic heterocycles. The molecular weight excluding hydrogens is 368 g/mol. The van der Waals surface area contributed by atoms with Crippen molar-refractivity contribution in [2.24, 2.45) is 0 Å². The van der Waals surface area contributed by atoms with Gasteiger partial charge in [-0.25, -0.2) is 0 Å². The summed E-state index contributed by atoms with van der Waals surface area (Å²) in [4.78, 5) is 25.0. The third-order valence-electron chi connectivity index (χ3n) is 4.16. The normalized spacial score (nSPS) is 11.0. The van der Waals surface area contributed by atoms with Gasteiger partial charge in [-0.15, -0.1) is 11.3 Å². The van der Waals surface area contributed by atoms with E-state index in [0.717, 1.165) is 5.56 Å². The molecule has 0 fully saturated rings. The molecule has 0 radical (unpaired) electrons. The summed E-state index contributed by atoms with van der Waals surface area (Å²) in [6, 6.07) is 18.8. The van der Waals surface area contributed by atoms with Crippen LogP contribution in [0.1, 0.15) is 40.6 Å². The van der Waals surface area contributed by atoms with Crippen molar-refractivity contribution >= 4 is 40.6 Å². The molecule has 0 aliphatic carbocycles. The lowest BCUT2D eigenvalue weighted by molar-refractivity contribution is -0.111. The van der Waals surface area contributed by atoms with E-state index in [-0.39, 0.29) is 11.8 Å². The van der Waals surface area contributed by atoms with Crippen LogP contribution in [-0.2, 0) is 4.79 Å². The summed E-state index contributed by atoms with van der Waals surface area (Å²) >= 11 is 1.38. The molecule has 0 aliphatic heterocycles. The van der Waals surface area contributed by atoms with Gasteiger partial charge in [0.1, 0.15) is 0 Å². The Balaban J connectivity index is 1.60. The number of carbonyl (C=O) groups excluding carboxylic acids is 2. The van der Waals surface area contributed by atoms with Crippen LogP contribution in [0.25, 0.3) is 6.08 Å². The summed E-state index contributed by atoms with van der Waals surface area (Å²) in [5.74, 6) is 0.0896. The van der Waals surface area contributed by atoms with Crippen LogP contribution in [0.3, 0.4) is 0 Å². The molecule has 5 heteroatoms. The summed E-state index contributed by atoms with van der Waals surface area (Å²) in [7, 11) is 0. The molecule has 0 saturated heterocycles. The van der Waals surface area contributed by atoms with Gasteiger partial charge in [-0.1, -0.05) is 50.2 Å². The van der Waals surface area contributed by atoms with E-state index in [1.54, 1.807) is 36.4 Å². The molecule has 0 aliphatic rings. The zero-order chi connectivity index (χ0) is 19.9. The largest absolute Gasteiger partial charge is 0.322 e. The summed E-state index contributed by atoms with van der Waals surface area (Å²) in [5.41, 5.74) is 3.48. The number of thiophene rings is 1. The Kier molecular flexibility index (Phi) is 6.40. The van der Waals surface area contributed by atoms with Crippen LogP contribution < -0.4 is 10.6 Å². The van der Waals surface area contributed by atoms with Crippen LogP contribution in [0, 0.1) is 0 Å². The van der Waals surface area contributed by atoms with E-state index in [1.807, 2.05) is 23.6 Å². The Bertz CT molecular complexity index is 974. The first-order valence-electron chi connectivity index (χ1n) is 9.05. The van der Waals surface area contributed by atoms with E-state index in [1.165, 1.54) is 23.0 Å². The second-order valence-corrected chi connectivity index (χ2v) is 7.60. The number of nitrogens with one attached hydrogen (secondary N) is 2. The minimum absolute atomic E-state index is 0.164. The second-order valence-electron chi connectivity index (χ2n) is 6.66. The van der Waals surface area contributed by atoms with Crippen molar-refractivity contribution in [1.29, 1.82) is 0 Å². The van der Waals surface area contributed by atoms with E-state index >= 15 is 0 Å². The maximum atomic E-state index is 12.2. The van der Waals surface area contributed by atoms with E-state index in [2.05, 4.69) is 36.6 Å². The Morgan fingerprint density at radius 3 is 2.29 bits per heavy atom. The molecular formula is C23H22N2O2S. The van der Waals surface area contributed by atoms with Gasteiger partial charge in [0.25, 0.3) is 5.91 Å². The molecule has 0 spiro atoms. The maximum absolute atomic E-state index is 12.2. The smallest absolute Gasteiger partial charge is 0.265 e. The number of rotatable bonds is 6. The summed E-state index contributed by atoms with van der Waals surface area (Å²) in [5, 5.41) is 7.50. The quantitative estimate of drug-likeness (QED) is 0.525. The highest BCUT2D eigenvalue weighted by atomic mass is 32.1. The van der Waals surface area contributed by atoms with Crippen LogP contribution in [0.5, 0.6) is 0 Å². The number of hydrogen-bond donors (Lipinski definition) is 2. The first kappa shape index (κ1) is 19.6. The van der Waals surface area contributed by atoms with Crippen LogP contribution in [0.2, 0.25) is 0 Å². The van der Waals surface area contributed by atoms with Crippen LogP contribution in [-0.4, -0.2) is 11.8 Å². The molecule has 3 aromatic rings. The molecule has 0 bridgehead atoms.